The number of methoxy groups -OCH3 is 1. The normalized spacial score (nSPS) is 10.6. The summed E-state index contributed by atoms with van der Waals surface area (Å²) in [5.74, 6) is -0.194. The summed E-state index contributed by atoms with van der Waals surface area (Å²) in [7, 11) is 1.40. The minimum atomic E-state index is -0.475. The van der Waals surface area contributed by atoms with Gasteiger partial charge < -0.3 is 9.47 Å². The van der Waals surface area contributed by atoms with Crippen LogP contribution in [0.1, 0.15) is 11.1 Å². The lowest BCUT2D eigenvalue weighted by Crippen LogP contribution is -2.20. The van der Waals surface area contributed by atoms with Gasteiger partial charge in [-0.05, 0) is 49.2 Å². The van der Waals surface area contributed by atoms with Gasteiger partial charge in [0.2, 0.25) is 0 Å². The highest BCUT2D eigenvalue weighted by Gasteiger charge is 2.13. The topological polar surface area (TPSA) is 60.5 Å². The third-order valence-corrected chi connectivity index (χ3v) is 4.96. The third-order valence-electron chi connectivity index (χ3n) is 3.92. The minimum Gasteiger partial charge on any atom is -0.494 e. The second-order valence-electron chi connectivity index (χ2n) is 6.12. The summed E-state index contributed by atoms with van der Waals surface area (Å²) in [6, 6.07) is 8.28. The Balaban J connectivity index is 1.64. The van der Waals surface area contributed by atoms with Crippen molar-refractivity contribution in [2.24, 2.45) is 0 Å². The summed E-state index contributed by atoms with van der Waals surface area (Å²) < 4.78 is 24.3. The predicted octanol–water partition coefficient (Wildman–Crippen LogP) is 5.25. The first-order valence-electron chi connectivity index (χ1n) is 8.36. The molecule has 1 N–H and O–H groups in total. The van der Waals surface area contributed by atoms with Gasteiger partial charge in [-0.25, -0.2) is 9.37 Å². The van der Waals surface area contributed by atoms with Crippen LogP contribution in [0.25, 0.3) is 11.3 Å². The number of halogens is 2. The number of anilines is 1. The third kappa shape index (κ3) is 4.61. The molecule has 0 unspecified atom stereocenters. The monoisotopic (exact) mass is 420 g/mol. The highest BCUT2D eigenvalue weighted by molar-refractivity contribution is 7.14. The van der Waals surface area contributed by atoms with Crippen molar-refractivity contribution in [2.75, 3.05) is 19.0 Å². The fourth-order valence-corrected chi connectivity index (χ4v) is 3.78. The van der Waals surface area contributed by atoms with Crippen LogP contribution in [0.3, 0.4) is 0 Å². The zero-order valence-electron chi connectivity index (χ0n) is 15.5. The van der Waals surface area contributed by atoms with Crippen molar-refractivity contribution in [2.45, 2.75) is 13.8 Å². The maximum Gasteiger partial charge on any atom is 0.264 e. The van der Waals surface area contributed by atoms with E-state index >= 15 is 0 Å². The van der Waals surface area contributed by atoms with E-state index in [1.54, 1.807) is 17.5 Å². The smallest absolute Gasteiger partial charge is 0.264 e. The second kappa shape index (κ2) is 8.58. The largest absolute Gasteiger partial charge is 0.494 e. The van der Waals surface area contributed by atoms with Gasteiger partial charge in [0.25, 0.3) is 5.91 Å². The Morgan fingerprint density at radius 1 is 1.29 bits per heavy atom. The van der Waals surface area contributed by atoms with E-state index < -0.39 is 5.82 Å². The molecule has 0 fully saturated rings. The summed E-state index contributed by atoms with van der Waals surface area (Å²) >= 11 is 7.42. The second-order valence-corrected chi connectivity index (χ2v) is 7.38. The Hall–Kier alpha value is -2.64. The molecule has 8 heteroatoms. The van der Waals surface area contributed by atoms with E-state index in [0.717, 1.165) is 11.1 Å². The molecule has 0 aliphatic rings. The quantitative estimate of drug-likeness (QED) is 0.592. The first kappa shape index (κ1) is 20.1. The van der Waals surface area contributed by atoms with Gasteiger partial charge in [0.1, 0.15) is 5.75 Å². The molecular formula is C20H18ClFN2O3S. The highest BCUT2D eigenvalue weighted by atomic mass is 35.5. The lowest BCUT2D eigenvalue weighted by Gasteiger charge is -2.11. The van der Waals surface area contributed by atoms with Crippen LogP contribution in [0.15, 0.2) is 35.7 Å². The zero-order valence-corrected chi connectivity index (χ0v) is 17.1. The Morgan fingerprint density at radius 2 is 2.07 bits per heavy atom. The highest BCUT2D eigenvalue weighted by Crippen LogP contribution is 2.30. The number of carbonyl (C=O) groups excluding carboxylic acids is 1. The predicted molar refractivity (Wildman–Crippen MR) is 109 cm³/mol. The van der Waals surface area contributed by atoms with Crippen LogP contribution in [0.5, 0.6) is 11.5 Å². The van der Waals surface area contributed by atoms with Gasteiger partial charge in [-0.3, -0.25) is 10.1 Å². The van der Waals surface area contributed by atoms with Gasteiger partial charge in [-0.15, -0.1) is 11.3 Å². The first-order chi connectivity index (χ1) is 13.4. The molecule has 0 saturated carbocycles. The molecule has 3 rings (SSSR count). The standard InChI is InChI=1S/C20H18ClFN2O3S/c1-11-6-12(2)19(14(21)7-11)27-9-18(25)24-20-23-16(10-28-20)13-4-5-17(26-3)15(22)8-13/h4-8,10H,9H2,1-3H3,(H,23,24,25). The van der Waals surface area contributed by atoms with Crippen molar-refractivity contribution in [3.8, 4) is 22.8 Å². The number of rotatable bonds is 6. The fraction of sp³-hybridized carbons (Fsp3) is 0.200. The fourth-order valence-electron chi connectivity index (χ4n) is 2.67. The van der Waals surface area contributed by atoms with Gasteiger partial charge in [0.15, 0.2) is 23.3 Å². The summed E-state index contributed by atoms with van der Waals surface area (Å²) in [4.78, 5) is 16.5. The number of amides is 1. The van der Waals surface area contributed by atoms with Gasteiger partial charge in [0.05, 0.1) is 17.8 Å². The Kier molecular flexibility index (Phi) is 6.16. The van der Waals surface area contributed by atoms with Crippen molar-refractivity contribution in [3.05, 3.63) is 57.7 Å². The molecule has 5 nitrogen and oxygen atoms in total. The lowest BCUT2D eigenvalue weighted by molar-refractivity contribution is -0.118. The number of aromatic nitrogens is 1. The lowest BCUT2D eigenvalue weighted by atomic mass is 10.1. The molecule has 0 aliphatic carbocycles. The van der Waals surface area contributed by atoms with E-state index in [1.807, 2.05) is 19.9 Å². The molecule has 0 saturated heterocycles. The van der Waals surface area contributed by atoms with Gasteiger partial charge in [0, 0.05) is 10.9 Å². The molecule has 2 aromatic carbocycles. The number of ether oxygens (including phenoxy) is 2. The average Bonchev–Trinajstić information content (AvgIpc) is 3.09. The van der Waals surface area contributed by atoms with E-state index in [2.05, 4.69) is 10.3 Å². The molecule has 0 atom stereocenters. The minimum absolute atomic E-state index is 0.162. The number of benzene rings is 2. The van der Waals surface area contributed by atoms with Crippen molar-refractivity contribution < 1.29 is 18.7 Å². The van der Waals surface area contributed by atoms with E-state index in [0.29, 0.717) is 27.2 Å². The summed E-state index contributed by atoms with van der Waals surface area (Å²) in [6.07, 6.45) is 0. The molecule has 28 heavy (non-hydrogen) atoms. The number of carbonyl (C=O) groups is 1. The van der Waals surface area contributed by atoms with Crippen molar-refractivity contribution in [3.63, 3.8) is 0 Å². The Bertz CT molecular complexity index is 999. The Labute approximate surface area is 171 Å². The first-order valence-corrected chi connectivity index (χ1v) is 9.62. The molecule has 3 aromatic rings. The molecule has 1 aromatic heterocycles. The molecule has 0 aliphatic heterocycles. The molecule has 146 valence electrons. The van der Waals surface area contributed by atoms with Gasteiger partial charge >= 0.3 is 0 Å². The van der Waals surface area contributed by atoms with Gasteiger partial charge in [-0.2, -0.15) is 0 Å². The van der Waals surface area contributed by atoms with Crippen molar-refractivity contribution in [1.82, 2.24) is 4.98 Å². The molecule has 0 spiro atoms. The molecule has 0 bridgehead atoms. The van der Waals surface area contributed by atoms with Crippen LogP contribution in [0, 0.1) is 19.7 Å². The SMILES string of the molecule is COc1ccc(-c2csc(NC(=O)COc3c(C)cc(C)cc3Cl)n2)cc1F. The number of nitrogens with zero attached hydrogens (tertiary/aromatic N) is 1. The molecule has 1 amide bonds. The van der Waals surface area contributed by atoms with E-state index in [4.69, 9.17) is 21.1 Å². The molecular weight excluding hydrogens is 403 g/mol. The number of aryl methyl sites for hydroxylation is 2. The van der Waals surface area contributed by atoms with E-state index in [1.165, 1.54) is 30.6 Å². The Morgan fingerprint density at radius 3 is 2.75 bits per heavy atom. The van der Waals surface area contributed by atoms with Crippen LogP contribution < -0.4 is 14.8 Å². The number of hydrogen-bond acceptors (Lipinski definition) is 5. The average molecular weight is 421 g/mol. The van der Waals surface area contributed by atoms with Crippen LogP contribution >= 0.6 is 22.9 Å². The van der Waals surface area contributed by atoms with Crippen LogP contribution in [-0.4, -0.2) is 24.6 Å². The van der Waals surface area contributed by atoms with Crippen LogP contribution in [0.4, 0.5) is 9.52 Å². The van der Waals surface area contributed by atoms with Crippen LogP contribution in [0.2, 0.25) is 5.02 Å². The van der Waals surface area contributed by atoms with E-state index in [9.17, 15) is 9.18 Å². The maximum atomic E-state index is 13.9. The number of thiazole rings is 1. The summed E-state index contributed by atoms with van der Waals surface area (Å²) in [5.41, 5.74) is 3.02. The van der Waals surface area contributed by atoms with Gasteiger partial charge in [-0.1, -0.05) is 17.7 Å². The summed E-state index contributed by atoms with van der Waals surface area (Å²) in [6.45, 7) is 3.60. The number of hydrogen-bond donors (Lipinski definition) is 1. The van der Waals surface area contributed by atoms with E-state index in [-0.39, 0.29) is 18.3 Å². The van der Waals surface area contributed by atoms with Crippen LogP contribution in [-0.2, 0) is 4.79 Å². The maximum absolute atomic E-state index is 13.9. The molecule has 1 heterocycles. The summed E-state index contributed by atoms with van der Waals surface area (Å²) in [5, 5.41) is 5.26. The molecule has 0 radical (unpaired) electrons. The zero-order chi connectivity index (χ0) is 20.3. The van der Waals surface area contributed by atoms with Crippen molar-refractivity contribution >= 4 is 34.0 Å². The van der Waals surface area contributed by atoms with Crippen molar-refractivity contribution in [1.29, 1.82) is 0 Å². The number of nitrogens with one attached hydrogen (secondary N) is 1.